The molecule has 2 rings (SSSR count). The molecule has 104 valence electrons. The molecule has 0 aromatic carbocycles. The molecule has 3 N–H and O–H groups in total. The fourth-order valence-corrected chi connectivity index (χ4v) is 2.91. The van der Waals surface area contributed by atoms with Gasteiger partial charge in [0.1, 0.15) is 16.5 Å². The average Bonchev–Trinajstić information content (AvgIpc) is 2.46. The van der Waals surface area contributed by atoms with Gasteiger partial charge in [-0.05, 0) is 25.2 Å². The van der Waals surface area contributed by atoms with Crippen molar-refractivity contribution in [2.24, 2.45) is 11.7 Å². The minimum absolute atomic E-state index is 0.290. The number of hydrogen-bond donors (Lipinski definition) is 2. The molecule has 1 unspecified atom stereocenters. The Balaban J connectivity index is 1.99. The molecular weight excluding hydrogens is 256 g/mol. The van der Waals surface area contributed by atoms with E-state index in [0.717, 1.165) is 18.2 Å². The monoisotopic (exact) mass is 278 g/mol. The third-order valence-corrected chi connectivity index (χ3v) is 4.11. The van der Waals surface area contributed by atoms with E-state index in [2.05, 4.69) is 22.2 Å². The van der Waals surface area contributed by atoms with Crippen LogP contribution in [0.2, 0.25) is 0 Å². The molecule has 1 atom stereocenters. The van der Waals surface area contributed by atoms with Crippen LogP contribution in [0.3, 0.4) is 0 Å². The maximum Gasteiger partial charge on any atom is 0.144 e. The summed E-state index contributed by atoms with van der Waals surface area (Å²) in [4.78, 5) is 8.85. The quantitative estimate of drug-likeness (QED) is 0.811. The van der Waals surface area contributed by atoms with Gasteiger partial charge in [0.05, 0.1) is 12.4 Å². The van der Waals surface area contributed by atoms with Crippen molar-refractivity contribution in [2.45, 2.75) is 51.5 Å². The summed E-state index contributed by atoms with van der Waals surface area (Å²) >= 11 is 4.87. The summed E-state index contributed by atoms with van der Waals surface area (Å²) in [5.41, 5.74) is 6.09. The molecule has 1 aliphatic carbocycles. The van der Waals surface area contributed by atoms with Gasteiger partial charge >= 0.3 is 0 Å². The molecule has 1 aliphatic rings. The first-order valence-corrected chi connectivity index (χ1v) is 7.50. The van der Waals surface area contributed by atoms with Gasteiger partial charge in [-0.3, -0.25) is 0 Å². The first kappa shape index (κ1) is 14.2. The van der Waals surface area contributed by atoms with Gasteiger partial charge < -0.3 is 11.1 Å². The molecule has 1 aromatic heterocycles. The lowest BCUT2D eigenvalue weighted by Crippen LogP contribution is -2.30. The number of anilines is 1. The van der Waals surface area contributed by atoms with Crippen LogP contribution in [0.1, 0.15) is 51.1 Å². The van der Waals surface area contributed by atoms with Gasteiger partial charge in [-0.15, -0.1) is 0 Å². The van der Waals surface area contributed by atoms with E-state index in [1.165, 1.54) is 32.1 Å². The number of aromatic nitrogens is 2. The van der Waals surface area contributed by atoms with Gasteiger partial charge in [-0.1, -0.05) is 38.4 Å². The number of nitrogens with two attached hydrogens (primary N) is 1. The molecule has 0 radical (unpaired) electrons. The Bertz CT molecular complexity index is 412. The number of rotatable bonds is 5. The van der Waals surface area contributed by atoms with Crippen LogP contribution < -0.4 is 11.1 Å². The molecule has 4 nitrogen and oxygen atoms in total. The molecule has 0 saturated heterocycles. The average molecular weight is 278 g/mol. The lowest BCUT2D eigenvalue weighted by atomic mass is 9.83. The third-order valence-electron chi connectivity index (χ3n) is 3.90. The second-order valence-electron chi connectivity index (χ2n) is 5.21. The summed E-state index contributed by atoms with van der Waals surface area (Å²) in [6.07, 6.45) is 11.2. The van der Waals surface area contributed by atoms with Crippen LogP contribution in [0.15, 0.2) is 12.4 Å². The van der Waals surface area contributed by atoms with Gasteiger partial charge in [0.2, 0.25) is 0 Å². The minimum Gasteiger partial charge on any atom is -0.388 e. The Labute approximate surface area is 120 Å². The highest BCUT2D eigenvalue weighted by Gasteiger charge is 2.22. The van der Waals surface area contributed by atoms with E-state index < -0.39 is 0 Å². The van der Waals surface area contributed by atoms with Crippen molar-refractivity contribution in [2.75, 3.05) is 5.32 Å². The van der Waals surface area contributed by atoms with Crippen LogP contribution in [0.25, 0.3) is 0 Å². The molecule has 1 aromatic rings. The summed E-state index contributed by atoms with van der Waals surface area (Å²) in [7, 11) is 0. The number of nitrogens with one attached hydrogen (secondary N) is 1. The number of hydrogen-bond acceptors (Lipinski definition) is 4. The zero-order valence-corrected chi connectivity index (χ0v) is 12.2. The topological polar surface area (TPSA) is 63.8 Å². The largest absolute Gasteiger partial charge is 0.388 e. The normalized spacial score (nSPS) is 17.9. The van der Waals surface area contributed by atoms with Crippen LogP contribution in [0, 0.1) is 5.92 Å². The first-order chi connectivity index (χ1) is 9.20. The molecule has 0 spiro atoms. The van der Waals surface area contributed by atoms with Crippen LogP contribution in [-0.4, -0.2) is 21.0 Å². The fraction of sp³-hybridized carbons (Fsp3) is 0.643. The highest BCUT2D eigenvalue weighted by Crippen LogP contribution is 2.29. The van der Waals surface area contributed by atoms with Crippen LogP contribution in [-0.2, 0) is 0 Å². The van der Waals surface area contributed by atoms with Crippen molar-refractivity contribution < 1.29 is 0 Å². The summed E-state index contributed by atoms with van der Waals surface area (Å²) in [5.74, 6) is 1.58. The van der Waals surface area contributed by atoms with Gasteiger partial charge in [0.15, 0.2) is 0 Å². The standard InChI is InChI=1S/C14H22N4S/c1-2-11(10-6-4-3-5-7-10)18-13-9-16-12(8-17-13)14(15)19/h8-11H,2-7H2,1H3,(H2,15,19)(H,17,18). The van der Waals surface area contributed by atoms with E-state index in [1.807, 2.05) is 0 Å². The molecule has 5 heteroatoms. The summed E-state index contributed by atoms with van der Waals surface area (Å²) in [6.45, 7) is 2.23. The van der Waals surface area contributed by atoms with Crippen molar-refractivity contribution in [1.29, 1.82) is 0 Å². The van der Waals surface area contributed by atoms with Gasteiger partial charge in [0, 0.05) is 6.04 Å². The fourth-order valence-electron chi connectivity index (χ4n) is 2.81. The second kappa shape index (κ2) is 6.80. The summed E-state index contributed by atoms with van der Waals surface area (Å²) in [6, 6.07) is 0.491. The highest BCUT2D eigenvalue weighted by atomic mass is 32.1. The Morgan fingerprint density at radius 2 is 2.11 bits per heavy atom. The molecule has 0 bridgehead atoms. The molecule has 19 heavy (non-hydrogen) atoms. The highest BCUT2D eigenvalue weighted by molar-refractivity contribution is 7.80. The smallest absolute Gasteiger partial charge is 0.144 e. The molecule has 1 heterocycles. The van der Waals surface area contributed by atoms with Crippen LogP contribution in [0.5, 0.6) is 0 Å². The Kier molecular flexibility index (Phi) is 5.07. The predicted molar refractivity (Wildman–Crippen MR) is 82.2 cm³/mol. The first-order valence-electron chi connectivity index (χ1n) is 7.09. The van der Waals surface area contributed by atoms with Gasteiger partial charge in [0.25, 0.3) is 0 Å². The van der Waals surface area contributed by atoms with Gasteiger partial charge in [-0.25, -0.2) is 9.97 Å². The van der Waals surface area contributed by atoms with E-state index in [0.29, 0.717) is 16.7 Å². The maximum absolute atomic E-state index is 5.52. The van der Waals surface area contributed by atoms with E-state index in [4.69, 9.17) is 18.0 Å². The Hall–Kier alpha value is -1.23. The van der Waals surface area contributed by atoms with E-state index in [9.17, 15) is 0 Å². The van der Waals surface area contributed by atoms with Crippen molar-refractivity contribution in [3.63, 3.8) is 0 Å². The Morgan fingerprint density at radius 1 is 1.37 bits per heavy atom. The SMILES string of the molecule is CCC(Nc1cnc(C(N)=S)cn1)C1CCCCC1. The molecule has 1 saturated carbocycles. The third kappa shape index (κ3) is 3.86. The lowest BCUT2D eigenvalue weighted by Gasteiger charge is -2.30. The number of nitrogens with zero attached hydrogens (tertiary/aromatic N) is 2. The molecular formula is C14H22N4S. The molecule has 1 fully saturated rings. The molecule has 0 amide bonds. The second-order valence-corrected chi connectivity index (χ2v) is 5.65. The minimum atomic E-state index is 0.290. The van der Waals surface area contributed by atoms with E-state index in [-0.39, 0.29) is 0 Å². The molecule has 0 aliphatic heterocycles. The predicted octanol–water partition coefficient (Wildman–Crippen LogP) is 2.88. The van der Waals surface area contributed by atoms with Crippen molar-refractivity contribution in [3.05, 3.63) is 18.1 Å². The Morgan fingerprint density at radius 3 is 2.63 bits per heavy atom. The van der Waals surface area contributed by atoms with Crippen LogP contribution in [0.4, 0.5) is 5.82 Å². The van der Waals surface area contributed by atoms with E-state index in [1.54, 1.807) is 12.4 Å². The summed E-state index contributed by atoms with van der Waals surface area (Å²) in [5, 5.41) is 3.51. The van der Waals surface area contributed by atoms with Crippen molar-refractivity contribution in [3.8, 4) is 0 Å². The van der Waals surface area contributed by atoms with Crippen LogP contribution >= 0.6 is 12.2 Å². The number of thiocarbonyl (C=S) groups is 1. The van der Waals surface area contributed by atoms with E-state index >= 15 is 0 Å². The van der Waals surface area contributed by atoms with Crippen molar-refractivity contribution >= 4 is 23.0 Å². The zero-order valence-electron chi connectivity index (χ0n) is 11.4. The lowest BCUT2D eigenvalue weighted by molar-refractivity contribution is 0.312. The van der Waals surface area contributed by atoms with Gasteiger partial charge in [-0.2, -0.15) is 0 Å². The van der Waals surface area contributed by atoms with Crippen molar-refractivity contribution in [1.82, 2.24) is 9.97 Å². The zero-order chi connectivity index (χ0) is 13.7. The summed E-state index contributed by atoms with van der Waals surface area (Å²) < 4.78 is 0. The maximum atomic E-state index is 5.52.